The highest BCUT2D eigenvalue weighted by Gasteiger charge is 2.38. The monoisotopic (exact) mass is 316 g/mol. The highest BCUT2D eigenvalue weighted by atomic mass is 28.4. The summed E-state index contributed by atoms with van der Waals surface area (Å²) in [7, 11) is -1.74. The maximum Gasteiger partial charge on any atom is 0.191 e. The van der Waals surface area contributed by atoms with Crippen LogP contribution in [-0.4, -0.2) is 48.1 Å². The Kier molecular flexibility index (Phi) is 5.84. The van der Waals surface area contributed by atoms with Crippen LogP contribution >= 0.6 is 0 Å². The first-order valence-corrected chi connectivity index (χ1v) is 10.7. The van der Waals surface area contributed by atoms with Crippen molar-refractivity contribution in [1.82, 2.24) is 0 Å². The van der Waals surface area contributed by atoms with Crippen molar-refractivity contribution < 1.29 is 19.7 Å². The molecule has 1 aliphatic rings. The second kappa shape index (κ2) is 6.50. The molecule has 124 valence electrons. The van der Waals surface area contributed by atoms with E-state index in [0.717, 1.165) is 0 Å². The molecule has 1 saturated carbocycles. The van der Waals surface area contributed by atoms with E-state index in [-0.39, 0.29) is 17.9 Å². The van der Waals surface area contributed by atoms with Gasteiger partial charge in [-0.25, -0.2) is 0 Å². The molecular weight excluding hydrogens is 284 g/mol. The molecule has 0 amide bonds. The first kappa shape index (κ1) is 18.8. The molecule has 0 aromatic rings. The number of hydrogen-bond donors (Lipinski definition) is 3. The van der Waals surface area contributed by atoms with Gasteiger partial charge in [-0.2, -0.15) is 0 Å². The van der Waals surface area contributed by atoms with Gasteiger partial charge in [0.15, 0.2) is 8.32 Å². The molecule has 0 saturated heterocycles. The predicted octanol–water partition coefficient (Wildman–Crippen LogP) is 2.59. The number of hydrogen-bond acceptors (Lipinski definition) is 4. The van der Waals surface area contributed by atoms with E-state index < -0.39 is 26.1 Å². The minimum Gasteiger partial charge on any atom is -0.417 e. The summed E-state index contributed by atoms with van der Waals surface area (Å²) in [6.45, 7) is 13.3. The van der Waals surface area contributed by atoms with Gasteiger partial charge in [-0.1, -0.05) is 26.8 Å². The number of aliphatic hydroxyl groups is 3. The fourth-order valence-corrected chi connectivity index (χ4v) is 3.46. The fourth-order valence-electron chi connectivity index (χ4n) is 2.40. The first-order chi connectivity index (χ1) is 9.36. The summed E-state index contributed by atoms with van der Waals surface area (Å²) < 4.78 is 6.08. The van der Waals surface area contributed by atoms with Crippen molar-refractivity contribution in [2.75, 3.05) is 6.61 Å². The van der Waals surface area contributed by atoms with Crippen LogP contribution in [0.5, 0.6) is 0 Å². The summed E-state index contributed by atoms with van der Waals surface area (Å²) in [6, 6.07) is 0. The van der Waals surface area contributed by atoms with Crippen molar-refractivity contribution in [1.29, 1.82) is 0 Å². The summed E-state index contributed by atoms with van der Waals surface area (Å²) in [4.78, 5) is 0. The molecule has 4 nitrogen and oxygen atoms in total. The zero-order valence-corrected chi connectivity index (χ0v) is 15.3. The Morgan fingerprint density at radius 3 is 2.14 bits per heavy atom. The minimum absolute atomic E-state index is 0.183. The Hall–Kier alpha value is -0.203. The van der Waals surface area contributed by atoms with Crippen molar-refractivity contribution in [2.24, 2.45) is 0 Å². The largest absolute Gasteiger partial charge is 0.417 e. The van der Waals surface area contributed by atoms with Gasteiger partial charge in [0.25, 0.3) is 0 Å². The molecule has 21 heavy (non-hydrogen) atoms. The molecule has 0 unspecified atom stereocenters. The smallest absolute Gasteiger partial charge is 0.191 e. The quantitative estimate of drug-likeness (QED) is 0.423. The molecule has 1 aliphatic carbocycles. The standard InChI is InChI=1S/C16H32O4Si/c1-15(2,3)21(5,6)20-9-7-8-12-13(17)10-16(4,19)11-14(12)18/h8,13-14,17-19H,7,9-11H2,1-6H3/t13-,14-,16?/m1/s1. The molecule has 0 radical (unpaired) electrons. The van der Waals surface area contributed by atoms with Gasteiger partial charge in [-0.15, -0.1) is 0 Å². The molecular formula is C16H32O4Si. The molecule has 0 bridgehead atoms. The highest BCUT2D eigenvalue weighted by Crippen LogP contribution is 2.37. The lowest BCUT2D eigenvalue weighted by molar-refractivity contribution is -0.0492. The summed E-state index contributed by atoms with van der Waals surface area (Å²) in [5.41, 5.74) is -0.367. The Balaban J connectivity index is 2.54. The molecule has 0 spiro atoms. The number of rotatable bonds is 4. The van der Waals surface area contributed by atoms with Crippen LogP contribution in [-0.2, 0) is 4.43 Å². The molecule has 0 heterocycles. The summed E-state index contributed by atoms with van der Waals surface area (Å²) in [6.07, 6.45) is 1.57. The molecule has 0 aromatic carbocycles. The van der Waals surface area contributed by atoms with Crippen LogP contribution in [0.4, 0.5) is 0 Å². The molecule has 0 aliphatic heterocycles. The SMILES string of the molecule is CC1(O)C[C@@H](O)C(=CCCO[Si](C)(C)C(C)(C)C)[C@H](O)C1. The first-order valence-electron chi connectivity index (χ1n) is 7.78. The molecule has 1 rings (SSSR count). The molecule has 1 fully saturated rings. The van der Waals surface area contributed by atoms with Gasteiger partial charge < -0.3 is 19.7 Å². The zero-order valence-electron chi connectivity index (χ0n) is 14.3. The summed E-state index contributed by atoms with van der Waals surface area (Å²) in [5, 5.41) is 30.2. The van der Waals surface area contributed by atoms with E-state index in [9.17, 15) is 15.3 Å². The Bertz CT molecular complexity index is 366. The van der Waals surface area contributed by atoms with E-state index in [1.807, 2.05) is 6.08 Å². The lowest BCUT2D eigenvalue weighted by atomic mass is 9.79. The van der Waals surface area contributed by atoms with E-state index in [4.69, 9.17) is 4.43 Å². The van der Waals surface area contributed by atoms with Gasteiger partial charge in [-0.05, 0) is 37.0 Å². The molecule has 2 atom stereocenters. The Labute approximate surface area is 130 Å². The van der Waals surface area contributed by atoms with E-state index in [2.05, 4.69) is 33.9 Å². The second-order valence-corrected chi connectivity index (χ2v) is 12.8. The van der Waals surface area contributed by atoms with Crippen molar-refractivity contribution in [2.45, 2.75) is 82.9 Å². The third-order valence-electron chi connectivity index (χ3n) is 4.80. The van der Waals surface area contributed by atoms with Crippen LogP contribution < -0.4 is 0 Å². The van der Waals surface area contributed by atoms with Crippen LogP contribution in [0.2, 0.25) is 18.1 Å². The lowest BCUT2D eigenvalue weighted by Gasteiger charge is -2.37. The van der Waals surface area contributed by atoms with Crippen LogP contribution in [0.15, 0.2) is 11.6 Å². The maximum absolute atomic E-state index is 10.0. The van der Waals surface area contributed by atoms with E-state index in [1.54, 1.807) is 6.92 Å². The predicted molar refractivity (Wildman–Crippen MR) is 87.7 cm³/mol. The molecule has 5 heteroatoms. The van der Waals surface area contributed by atoms with Crippen molar-refractivity contribution in [3.05, 3.63) is 11.6 Å². The van der Waals surface area contributed by atoms with Gasteiger partial charge in [0, 0.05) is 19.4 Å². The average molecular weight is 317 g/mol. The van der Waals surface area contributed by atoms with Crippen molar-refractivity contribution in [3.63, 3.8) is 0 Å². The topological polar surface area (TPSA) is 69.9 Å². The summed E-state index contributed by atoms with van der Waals surface area (Å²) in [5.74, 6) is 0. The Morgan fingerprint density at radius 2 is 1.71 bits per heavy atom. The molecule has 3 N–H and O–H groups in total. The highest BCUT2D eigenvalue weighted by molar-refractivity contribution is 6.74. The van der Waals surface area contributed by atoms with Crippen molar-refractivity contribution >= 4 is 8.32 Å². The van der Waals surface area contributed by atoms with Gasteiger partial charge in [0.1, 0.15) is 0 Å². The lowest BCUT2D eigenvalue weighted by Crippen LogP contribution is -2.43. The van der Waals surface area contributed by atoms with Gasteiger partial charge in [0.05, 0.1) is 17.8 Å². The summed E-state index contributed by atoms with van der Waals surface area (Å²) >= 11 is 0. The van der Waals surface area contributed by atoms with Crippen LogP contribution in [0.25, 0.3) is 0 Å². The third-order valence-corrected chi connectivity index (χ3v) is 9.34. The zero-order chi connectivity index (χ0) is 16.5. The van der Waals surface area contributed by atoms with Crippen LogP contribution in [0.1, 0.15) is 47.0 Å². The fraction of sp³-hybridized carbons (Fsp3) is 0.875. The third kappa shape index (κ3) is 5.18. The van der Waals surface area contributed by atoms with Crippen LogP contribution in [0, 0.1) is 0 Å². The van der Waals surface area contributed by atoms with E-state index in [0.29, 0.717) is 18.6 Å². The molecule has 0 aromatic heterocycles. The van der Waals surface area contributed by atoms with E-state index >= 15 is 0 Å². The van der Waals surface area contributed by atoms with E-state index in [1.165, 1.54) is 0 Å². The average Bonchev–Trinajstić information content (AvgIpc) is 2.23. The minimum atomic E-state index is -1.74. The second-order valence-electron chi connectivity index (χ2n) is 8.04. The normalized spacial score (nSPS) is 31.4. The number of aliphatic hydroxyl groups excluding tert-OH is 2. The van der Waals surface area contributed by atoms with Gasteiger partial charge in [0.2, 0.25) is 0 Å². The van der Waals surface area contributed by atoms with Gasteiger partial charge >= 0.3 is 0 Å². The Morgan fingerprint density at radius 1 is 1.24 bits per heavy atom. The van der Waals surface area contributed by atoms with Crippen molar-refractivity contribution in [3.8, 4) is 0 Å². The van der Waals surface area contributed by atoms with Gasteiger partial charge in [-0.3, -0.25) is 0 Å². The maximum atomic E-state index is 10.0. The van der Waals surface area contributed by atoms with Crippen LogP contribution in [0.3, 0.4) is 0 Å².